The molecule has 0 spiro atoms. The topological polar surface area (TPSA) is 35.5 Å². The standard InChI is InChI=1S/C13H21ClO3/c14-8-4-3-7-13(16-9-10-17-13)11-5-1-2-6-12(11)15/h11H,1-10H2. The van der Waals surface area contributed by atoms with E-state index in [9.17, 15) is 4.79 Å². The fraction of sp³-hybridized carbons (Fsp3) is 0.923. The van der Waals surface area contributed by atoms with Crippen molar-refractivity contribution in [1.82, 2.24) is 0 Å². The van der Waals surface area contributed by atoms with Gasteiger partial charge >= 0.3 is 0 Å². The summed E-state index contributed by atoms with van der Waals surface area (Å²) in [6.45, 7) is 1.23. The molecule has 2 fully saturated rings. The van der Waals surface area contributed by atoms with Gasteiger partial charge in [0.2, 0.25) is 0 Å². The fourth-order valence-electron chi connectivity index (χ4n) is 2.90. The first-order valence-electron chi connectivity index (χ1n) is 6.65. The van der Waals surface area contributed by atoms with Crippen LogP contribution in [0.25, 0.3) is 0 Å². The smallest absolute Gasteiger partial charge is 0.178 e. The number of carbonyl (C=O) groups is 1. The van der Waals surface area contributed by atoms with Crippen molar-refractivity contribution in [2.24, 2.45) is 5.92 Å². The molecule has 0 aromatic rings. The number of hydrogen-bond acceptors (Lipinski definition) is 3. The van der Waals surface area contributed by atoms with Crippen LogP contribution in [-0.2, 0) is 14.3 Å². The average Bonchev–Trinajstić information content (AvgIpc) is 2.80. The van der Waals surface area contributed by atoms with Gasteiger partial charge in [0.1, 0.15) is 5.78 Å². The van der Waals surface area contributed by atoms with E-state index in [0.717, 1.165) is 38.5 Å². The molecule has 1 aliphatic carbocycles. The number of carbonyl (C=O) groups excluding carboxylic acids is 1. The van der Waals surface area contributed by atoms with Crippen LogP contribution in [0.4, 0.5) is 0 Å². The summed E-state index contributed by atoms with van der Waals surface area (Å²) >= 11 is 5.70. The lowest BCUT2D eigenvalue weighted by molar-refractivity contribution is -0.205. The predicted molar refractivity (Wildman–Crippen MR) is 66.2 cm³/mol. The lowest BCUT2D eigenvalue weighted by Crippen LogP contribution is -2.45. The van der Waals surface area contributed by atoms with Crippen molar-refractivity contribution in [2.75, 3.05) is 19.1 Å². The van der Waals surface area contributed by atoms with Crippen molar-refractivity contribution in [3.63, 3.8) is 0 Å². The van der Waals surface area contributed by atoms with Crippen LogP contribution >= 0.6 is 11.6 Å². The molecular formula is C13H21ClO3. The molecule has 1 atom stereocenters. The van der Waals surface area contributed by atoms with Gasteiger partial charge in [-0.2, -0.15) is 0 Å². The van der Waals surface area contributed by atoms with Crippen molar-refractivity contribution in [2.45, 2.75) is 50.7 Å². The summed E-state index contributed by atoms with van der Waals surface area (Å²) in [7, 11) is 0. The third kappa shape index (κ3) is 3.01. The Morgan fingerprint density at radius 3 is 2.65 bits per heavy atom. The van der Waals surface area contributed by atoms with E-state index in [1.807, 2.05) is 0 Å². The van der Waals surface area contributed by atoms with Crippen LogP contribution in [0, 0.1) is 5.92 Å². The Morgan fingerprint density at radius 1 is 1.24 bits per heavy atom. The van der Waals surface area contributed by atoms with Gasteiger partial charge in [-0.3, -0.25) is 4.79 Å². The molecule has 2 rings (SSSR count). The molecule has 98 valence electrons. The van der Waals surface area contributed by atoms with Gasteiger partial charge in [-0.15, -0.1) is 11.6 Å². The highest BCUT2D eigenvalue weighted by Gasteiger charge is 2.47. The van der Waals surface area contributed by atoms with Crippen molar-refractivity contribution in [3.05, 3.63) is 0 Å². The Bertz CT molecular complexity index is 261. The van der Waals surface area contributed by atoms with E-state index in [1.54, 1.807) is 0 Å². The van der Waals surface area contributed by atoms with Gasteiger partial charge in [0, 0.05) is 18.7 Å². The van der Waals surface area contributed by atoms with Crippen molar-refractivity contribution in [3.8, 4) is 0 Å². The maximum atomic E-state index is 12.0. The van der Waals surface area contributed by atoms with E-state index in [2.05, 4.69) is 0 Å². The Hall–Kier alpha value is -0.120. The van der Waals surface area contributed by atoms with E-state index < -0.39 is 5.79 Å². The van der Waals surface area contributed by atoms with E-state index in [-0.39, 0.29) is 5.92 Å². The molecule has 1 saturated carbocycles. The highest BCUT2D eigenvalue weighted by Crippen LogP contribution is 2.39. The summed E-state index contributed by atoms with van der Waals surface area (Å²) in [5.41, 5.74) is 0. The minimum atomic E-state index is -0.621. The largest absolute Gasteiger partial charge is 0.347 e. The molecule has 3 nitrogen and oxygen atoms in total. The van der Waals surface area contributed by atoms with E-state index in [1.165, 1.54) is 0 Å². The SMILES string of the molecule is O=C1CCCCC1C1(CCCCCl)OCCO1. The number of rotatable bonds is 5. The zero-order chi connectivity index (χ0) is 12.1. The first kappa shape index (κ1) is 13.3. The summed E-state index contributed by atoms with van der Waals surface area (Å²) in [6, 6.07) is 0. The summed E-state index contributed by atoms with van der Waals surface area (Å²) < 4.78 is 11.6. The maximum absolute atomic E-state index is 12.0. The van der Waals surface area contributed by atoms with Gasteiger partial charge in [-0.25, -0.2) is 0 Å². The van der Waals surface area contributed by atoms with E-state index in [0.29, 0.717) is 31.3 Å². The molecule has 1 heterocycles. The molecule has 1 saturated heterocycles. The molecule has 0 bridgehead atoms. The molecule has 4 heteroatoms. The summed E-state index contributed by atoms with van der Waals surface area (Å²) in [5.74, 6) is 0.316. The van der Waals surface area contributed by atoms with Gasteiger partial charge in [0.05, 0.1) is 19.1 Å². The Kier molecular flexibility index (Phi) is 4.83. The highest BCUT2D eigenvalue weighted by molar-refractivity contribution is 6.17. The second kappa shape index (κ2) is 6.17. The van der Waals surface area contributed by atoms with Crippen molar-refractivity contribution in [1.29, 1.82) is 0 Å². The fourth-order valence-corrected chi connectivity index (χ4v) is 3.09. The van der Waals surface area contributed by atoms with Gasteiger partial charge in [-0.1, -0.05) is 6.42 Å². The summed E-state index contributed by atoms with van der Waals surface area (Å²) in [4.78, 5) is 12.0. The van der Waals surface area contributed by atoms with Gasteiger partial charge in [0.15, 0.2) is 5.79 Å². The first-order valence-corrected chi connectivity index (χ1v) is 7.18. The molecule has 2 aliphatic rings. The second-order valence-electron chi connectivity index (χ2n) is 4.92. The molecule has 17 heavy (non-hydrogen) atoms. The quantitative estimate of drug-likeness (QED) is 0.563. The highest BCUT2D eigenvalue weighted by atomic mass is 35.5. The molecule has 0 N–H and O–H groups in total. The lowest BCUT2D eigenvalue weighted by atomic mass is 9.80. The first-order chi connectivity index (χ1) is 8.28. The van der Waals surface area contributed by atoms with E-state index >= 15 is 0 Å². The number of ketones is 1. The molecule has 0 amide bonds. The Labute approximate surface area is 108 Å². The maximum Gasteiger partial charge on any atom is 0.178 e. The average molecular weight is 261 g/mol. The van der Waals surface area contributed by atoms with Crippen molar-refractivity contribution < 1.29 is 14.3 Å². The van der Waals surface area contributed by atoms with Gasteiger partial charge < -0.3 is 9.47 Å². The van der Waals surface area contributed by atoms with Crippen LogP contribution in [0.3, 0.4) is 0 Å². The van der Waals surface area contributed by atoms with Crippen LogP contribution in [0.1, 0.15) is 44.9 Å². The predicted octanol–water partition coefficient (Wildman–Crippen LogP) is 2.90. The van der Waals surface area contributed by atoms with Crippen LogP contribution in [-0.4, -0.2) is 30.7 Å². The number of unbranched alkanes of at least 4 members (excludes halogenated alkanes) is 1. The van der Waals surface area contributed by atoms with Crippen molar-refractivity contribution >= 4 is 17.4 Å². The third-order valence-electron chi connectivity index (χ3n) is 3.77. The molecular weight excluding hydrogens is 240 g/mol. The minimum absolute atomic E-state index is 0.0472. The molecule has 1 unspecified atom stereocenters. The van der Waals surface area contributed by atoms with Crippen LogP contribution < -0.4 is 0 Å². The van der Waals surface area contributed by atoms with Crippen LogP contribution in [0.5, 0.6) is 0 Å². The minimum Gasteiger partial charge on any atom is -0.347 e. The normalized spacial score (nSPS) is 28.5. The summed E-state index contributed by atoms with van der Waals surface area (Å²) in [6.07, 6.45) is 6.46. The van der Waals surface area contributed by atoms with Crippen LogP contribution in [0.2, 0.25) is 0 Å². The summed E-state index contributed by atoms with van der Waals surface area (Å²) in [5, 5.41) is 0. The third-order valence-corrected chi connectivity index (χ3v) is 4.04. The Balaban J connectivity index is 2.01. The zero-order valence-electron chi connectivity index (χ0n) is 10.3. The Morgan fingerprint density at radius 2 is 2.00 bits per heavy atom. The van der Waals surface area contributed by atoms with Gasteiger partial charge in [-0.05, 0) is 25.7 Å². The number of Topliss-reactive ketones (excluding diaryl/α,β-unsaturated/α-hetero) is 1. The van der Waals surface area contributed by atoms with E-state index in [4.69, 9.17) is 21.1 Å². The number of halogens is 1. The number of alkyl halides is 1. The molecule has 0 radical (unpaired) electrons. The molecule has 0 aromatic carbocycles. The lowest BCUT2D eigenvalue weighted by Gasteiger charge is -2.36. The van der Waals surface area contributed by atoms with Gasteiger partial charge in [0.25, 0.3) is 0 Å². The molecule has 0 aromatic heterocycles. The molecule has 1 aliphatic heterocycles. The number of ether oxygens (including phenoxy) is 2. The monoisotopic (exact) mass is 260 g/mol. The number of hydrogen-bond donors (Lipinski definition) is 0. The van der Waals surface area contributed by atoms with Crippen LogP contribution in [0.15, 0.2) is 0 Å². The second-order valence-corrected chi connectivity index (χ2v) is 5.30. The zero-order valence-corrected chi connectivity index (χ0v) is 11.0.